The zero-order chi connectivity index (χ0) is 24.2. The maximum atomic E-state index is 13.4. The number of nitrogens with one attached hydrogen (secondary N) is 1. The first kappa shape index (κ1) is 21.4. The number of imide groups is 2. The van der Waals surface area contributed by atoms with Gasteiger partial charge in [0, 0.05) is 29.5 Å². The fraction of sp³-hybridized carbons (Fsp3) is 0.200. The van der Waals surface area contributed by atoms with Gasteiger partial charge in [-0.1, -0.05) is 31.2 Å². The molecule has 0 radical (unpaired) electrons. The number of amides is 4. The van der Waals surface area contributed by atoms with Crippen molar-refractivity contribution in [2.75, 3.05) is 4.90 Å². The van der Waals surface area contributed by atoms with Crippen LogP contribution in [0.15, 0.2) is 54.6 Å². The molecule has 0 unspecified atom stereocenters. The number of nitrogens with zero attached hydrogens (tertiary/aromatic N) is 2. The highest BCUT2D eigenvalue weighted by atomic mass is 16.6. The number of nitro benzene ring substituents is 1. The largest absolute Gasteiger partial charge is 0.296 e. The normalized spacial score (nSPS) is 20.0. The van der Waals surface area contributed by atoms with Gasteiger partial charge in [-0.2, -0.15) is 0 Å². The third-order valence-electron chi connectivity index (χ3n) is 6.79. The van der Waals surface area contributed by atoms with Crippen LogP contribution in [0, 0.1) is 10.1 Å². The Morgan fingerprint density at radius 3 is 2.35 bits per heavy atom. The van der Waals surface area contributed by atoms with Crippen LogP contribution in [0.2, 0.25) is 0 Å². The average molecular weight is 457 g/mol. The maximum Gasteiger partial charge on any atom is 0.270 e. The SMILES string of the molecule is CC[C@]1(c2ccc(N3C(=O)c4cccc5cc([N+](=O)[O-])cc(c45)C3=O)cc2)CCC(=O)NC1=O. The second-order valence-electron chi connectivity index (χ2n) is 8.46. The average Bonchev–Trinajstić information content (AvgIpc) is 2.83. The number of benzene rings is 3. The van der Waals surface area contributed by atoms with E-state index in [1.165, 1.54) is 12.1 Å². The second-order valence-corrected chi connectivity index (χ2v) is 8.46. The molecule has 0 bridgehead atoms. The Labute approximate surface area is 193 Å². The number of piperidine rings is 1. The molecule has 3 aromatic carbocycles. The molecular weight excluding hydrogens is 438 g/mol. The van der Waals surface area contributed by atoms with Crippen molar-refractivity contribution < 1.29 is 24.1 Å². The summed E-state index contributed by atoms with van der Waals surface area (Å²) in [5.41, 5.74) is 0.215. The number of non-ortho nitro benzene ring substituents is 1. The summed E-state index contributed by atoms with van der Waals surface area (Å²) in [6.45, 7) is 1.87. The first-order valence-corrected chi connectivity index (χ1v) is 10.8. The molecule has 3 aromatic rings. The standard InChI is InChI=1S/C25H19N3O6/c1-2-25(11-10-20(29)26-24(25)32)15-6-8-16(9-7-15)27-22(30)18-5-3-4-14-12-17(28(33)34)13-19(21(14)18)23(27)31/h3-9,12-13H,2,10-11H2,1H3,(H,26,29,32)/t25-/m1/s1. The molecule has 9 heteroatoms. The predicted octanol–water partition coefficient (Wildman–Crippen LogP) is 3.63. The van der Waals surface area contributed by atoms with E-state index in [1.807, 2.05) is 6.92 Å². The van der Waals surface area contributed by atoms with Crippen molar-refractivity contribution in [3.8, 4) is 0 Å². The molecule has 2 aliphatic heterocycles. The Morgan fingerprint density at radius 1 is 1.00 bits per heavy atom. The van der Waals surface area contributed by atoms with Gasteiger partial charge in [0.1, 0.15) is 0 Å². The summed E-state index contributed by atoms with van der Waals surface area (Å²) < 4.78 is 0. The minimum atomic E-state index is -0.874. The molecule has 0 aliphatic carbocycles. The second kappa shape index (κ2) is 7.58. The number of anilines is 1. The number of rotatable bonds is 4. The van der Waals surface area contributed by atoms with Crippen molar-refractivity contribution in [3.63, 3.8) is 0 Å². The van der Waals surface area contributed by atoms with Crippen LogP contribution in [0.1, 0.15) is 52.5 Å². The maximum absolute atomic E-state index is 13.4. The fourth-order valence-corrected chi connectivity index (χ4v) is 4.93. The highest BCUT2D eigenvalue weighted by Crippen LogP contribution is 2.39. The summed E-state index contributed by atoms with van der Waals surface area (Å²) in [6, 6.07) is 13.9. The molecule has 5 rings (SSSR count). The number of carbonyl (C=O) groups excluding carboxylic acids is 4. The molecule has 2 aliphatic rings. The smallest absolute Gasteiger partial charge is 0.270 e. The molecule has 4 amide bonds. The Hall–Kier alpha value is -4.40. The van der Waals surface area contributed by atoms with Crippen LogP contribution in [0.25, 0.3) is 10.8 Å². The molecule has 2 heterocycles. The third-order valence-corrected chi connectivity index (χ3v) is 6.79. The summed E-state index contributed by atoms with van der Waals surface area (Å²) >= 11 is 0. The third kappa shape index (κ3) is 3.01. The monoisotopic (exact) mass is 457 g/mol. The highest BCUT2D eigenvalue weighted by Gasteiger charge is 2.43. The van der Waals surface area contributed by atoms with E-state index in [-0.39, 0.29) is 40.7 Å². The lowest BCUT2D eigenvalue weighted by molar-refractivity contribution is -0.384. The van der Waals surface area contributed by atoms with Crippen LogP contribution < -0.4 is 10.2 Å². The Morgan fingerprint density at radius 2 is 1.71 bits per heavy atom. The zero-order valence-electron chi connectivity index (χ0n) is 18.2. The summed E-state index contributed by atoms with van der Waals surface area (Å²) in [5, 5.41) is 14.6. The molecule has 9 nitrogen and oxygen atoms in total. The summed E-state index contributed by atoms with van der Waals surface area (Å²) in [7, 11) is 0. The van der Waals surface area contributed by atoms with E-state index < -0.39 is 22.2 Å². The van der Waals surface area contributed by atoms with E-state index in [0.717, 1.165) is 4.90 Å². The van der Waals surface area contributed by atoms with Crippen molar-refractivity contribution in [1.82, 2.24) is 5.32 Å². The number of nitro groups is 1. The zero-order valence-corrected chi connectivity index (χ0v) is 18.2. The van der Waals surface area contributed by atoms with Gasteiger partial charge >= 0.3 is 0 Å². The van der Waals surface area contributed by atoms with Crippen LogP contribution in [0.3, 0.4) is 0 Å². The molecule has 34 heavy (non-hydrogen) atoms. The first-order chi connectivity index (χ1) is 16.3. The van der Waals surface area contributed by atoms with Crippen molar-refractivity contribution in [2.24, 2.45) is 0 Å². The van der Waals surface area contributed by atoms with Gasteiger partial charge < -0.3 is 0 Å². The first-order valence-electron chi connectivity index (χ1n) is 10.8. The van der Waals surface area contributed by atoms with Crippen molar-refractivity contribution >= 4 is 45.8 Å². The van der Waals surface area contributed by atoms with E-state index in [1.54, 1.807) is 42.5 Å². The molecule has 1 saturated heterocycles. The Bertz CT molecular complexity index is 1430. The van der Waals surface area contributed by atoms with Crippen LogP contribution in [-0.4, -0.2) is 28.6 Å². The van der Waals surface area contributed by atoms with E-state index in [9.17, 15) is 29.3 Å². The van der Waals surface area contributed by atoms with Gasteiger partial charge in [0.15, 0.2) is 0 Å². The van der Waals surface area contributed by atoms with Gasteiger partial charge in [0.05, 0.1) is 21.6 Å². The summed E-state index contributed by atoms with van der Waals surface area (Å²) in [6.07, 6.45) is 1.07. The van der Waals surface area contributed by atoms with E-state index in [4.69, 9.17) is 0 Å². The highest BCUT2D eigenvalue weighted by molar-refractivity contribution is 6.36. The molecule has 0 spiro atoms. The van der Waals surface area contributed by atoms with Gasteiger partial charge in [-0.3, -0.25) is 34.6 Å². The summed E-state index contributed by atoms with van der Waals surface area (Å²) in [5.74, 6) is -1.86. The molecular formula is C25H19N3O6. The fourth-order valence-electron chi connectivity index (χ4n) is 4.93. The van der Waals surface area contributed by atoms with E-state index in [0.29, 0.717) is 29.2 Å². The molecule has 1 N–H and O–H groups in total. The topological polar surface area (TPSA) is 127 Å². The minimum Gasteiger partial charge on any atom is -0.296 e. The predicted molar refractivity (Wildman–Crippen MR) is 123 cm³/mol. The van der Waals surface area contributed by atoms with Crippen LogP contribution in [0.5, 0.6) is 0 Å². The summed E-state index contributed by atoms with van der Waals surface area (Å²) in [4.78, 5) is 62.8. The van der Waals surface area contributed by atoms with E-state index >= 15 is 0 Å². The number of hydrogen-bond donors (Lipinski definition) is 1. The van der Waals surface area contributed by atoms with Gasteiger partial charge in [-0.25, -0.2) is 4.90 Å². The minimum absolute atomic E-state index is 0.0821. The molecule has 0 saturated carbocycles. The molecule has 0 aromatic heterocycles. The van der Waals surface area contributed by atoms with Gasteiger partial charge in [0.2, 0.25) is 11.8 Å². The van der Waals surface area contributed by atoms with Crippen molar-refractivity contribution in [1.29, 1.82) is 0 Å². The van der Waals surface area contributed by atoms with Gasteiger partial charge in [-0.15, -0.1) is 0 Å². The van der Waals surface area contributed by atoms with Crippen LogP contribution in [0.4, 0.5) is 11.4 Å². The lowest BCUT2D eigenvalue weighted by Crippen LogP contribution is -2.51. The number of carbonyl (C=O) groups is 4. The van der Waals surface area contributed by atoms with Gasteiger partial charge in [0.25, 0.3) is 17.5 Å². The van der Waals surface area contributed by atoms with Crippen LogP contribution >= 0.6 is 0 Å². The van der Waals surface area contributed by atoms with Gasteiger partial charge in [-0.05, 0) is 42.0 Å². The lowest BCUT2D eigenvalue weighted by atomic mass is 9.72. The van der Waals surface area contributed by atoms with Crippen molar-refractivity contribution in [3.05, 3.63) is 81.4 Å². The lowest BCUT2D eigenvalue weighted by Gasteiger charge is -2.35. The Kier molecular flexibility index (Phi) is 4.78. The molecule has 1 fully saturated rings. The van der Waals surface area contributed by atoms with Crippen molar-refractivity contribution in [2.45, 2.75) is 31.6 Å². The number of hydrogen-bond acceptors (Lipinski definition) is 6. The van der Waals surface area contributed by atoms with Crippen LogP contribution in [-0.2, 0) is 15.0 Å². The Balaban J connectivity index is 1.58. The molecule has 1 atom stereocenters. The van der Waals surface area contributed by atoms with E-state index in [2.05, 4.69) is 5.32 Å². The quantitative estimate of drug-likeness (QED) is 0.362. The molecule has 170 valence electrons.